The molecule has 2 aromatic rings. The molecule has 1 aromatic heterocycles. The highest BCUT2D eigenvalue weighted by Gasteiger charge is 2.15. The van der Waals surface area contributed by atoms with Crippen molar-refractivity contribution in [2.75, 3.05) is 12.8 Å². The number of nitrogen functional groups attached to an aromatic ring is 1. The summed E-state index contributed by atoms with van der Waals surface area (Å²) >= 11 is 0. The van der Waals surface area contributed by atoms with Gasteiger partial charge in [0.15, 0.2) is 0 Å². The highest BCUT2D eigenvalue weighted by Crippen LogP contribution is 2.23. The number of aromatic nitrogens is 2. The van der Waals surface area contributed by atoms with Gasteiger partial charge in [-0.1, -0.05) is 13.8 Å². The van der Waals surface area contributed by atoms with E-state index in [0.717, 1.165) is 16.9 Å². The van der Waals surface area contributed by atoms with E-state index in [1.807, 2.05) is 25.3 Å². The standard InChI is InChI=1S/C15H19N3O2/c1-9(2)13-5-6-18(17-13)11-7-10(3)14(16)12(8-11)15(19)20-4/h5-9H,16H2,1-4H3. The van der Waals surface area contributed by atoms with Crippen LogP contribution in [0.1, 0.15) is 41.4 Å². The van der Waals surface area contributed by atoms with Gasteiger partial charge in [-0.2, -0.15) is 5.10 Å². The summed E-state index contributed by atoms with van der Waals surface area (Å²) in [7, 11) is 1.34. The van der Waals surface area contributed by atoms with E-state index in [1.54, 1.807) is 10.7 Å². The fraction of sp³-hybridized carbons (Fsp3) is 0.333. The van der Waals surface area contributed by atoms with E-state index in [4.69, 9.17) is 10.5 Å². The van der Waals surface area contributed by atoms with Gasteiger partial charge in [0.25, 0.3) is 0 Å². The third-order valence-electron chi connectivity index (χ3n) is 3.24. The summed E-state index contributed by atoms with van der Waals surface area (Å²) in [4.78, 5) is 11.8. The molecule has 0 aliphatic heterocycles. The van der Waals surface area contributed by atoms with Crippen molar-refractivity contribution in [3.63, 3.8) is 0 Å². The van der Waals surface area contributed by atoms with Crippen LogP contribution in [0.3, 0.4) is 0 Å². The molecule has 0 amide bonds. The number of esters is 1. The Morgan fingerprint density at radius 2 is 2.10 bits per heavy atom. The Morgan fingerprint density at radius 1 is 1.40 bits per heavy atom. The summed E-state index contributed by atoms with van der Waals surface area (Å²) in [5, 5.41) is 4.50. The highest BCUT2D eigenvalue weighted by molar-refractivity contribution is 5.96. The minimum atomic E-state index is -0.441. The van der Waals surface area contributed by atoms with Crippen LogP contribution in [0.2, 0.25) is 0 Å². The molecule has 1 heterocycles. The molecule has 0 aliphatic rings. The first-order valence-corrected chi connectivity index (χ1v) is 6.48. The molecule has 106 valence electrons. The average Bonchev–Trinajstić information content (AvgIpc) is 2.90. The number of benzene rings is 1. The molecule has 0 saturated carbocycles. The highest BCUT2D eigenvalue weighted by atomic mass is 16.5. The molecule has 20 heavy (non-hydrogen) atoms. The number of anilines is 1. The summed E-state index contributed by atoms with van der Waals surface area (Å²) in [6.45, 7) is 6.03. The molecule has 0 radical (unpaired) electrons. The first-order valence-electron chi connectivity index (χ1n) is 6.48. The maximum Gasteiger partial charge on any atom is 0.340 e. The number of carbonyl (C=O) groups excluding carboxylic acids is 1. The van der Waals surface area contributed by atoms with Gasteiger partial charge in [-0.3, -0.25) is 0 Å². The van der Waals surface area contributed by atoms with Crippen molar-refractivity contribution in [2.45, 2.75) is 26.7 Å². The molecule has 0 fully saturated rings. The van der Waals surface area contributed by atoms with Crippen molar-refractivity contribution in [3.05, 3.63) is 41.2 Å². The average molecular weight is 273 g/mol. The number of nitrogens with two attached hydrogens (primary N) is 1. The second-order valence-corrected chi connectivity index (χ2v) is 5.06. The van der Waals surface area contributed by atoms with Crippen LogP contribution in [0, 0.1) is 6.92 Å². The van der Waals surface area contributed by atoms with Gasteiger partial charge in [-0.05, 0) is 36.6 Å². The van der Waals surface area contributed by atoms with Crippen molar-refractivity contribution in [1.29, 1.82) is 0 Å². The lowest BCUT2D eigenvalue weighted by Crippen LogP contribution is -2.09. The zero-order chi connectivity index (χ0) is 14.9. The Labute approximate surface area is 118 Å². The Balaban J connectivity index is 2.51. The van der Waals surface area contributed by atoms with E-state index < -0.39 is 5.97 Å². The van der Waals surface area contributed by atoms with Gasteiger partial charge in [0.05, 0.1) is 24.1 Å². The molecule has 0 aliphatic carbocycles. The fourth-order valence-electron chi connectivity index (χ4n) is 1.98. The third-order valence-corrected chi connectivity index (χ3v) is 3.24. The molecule has 0 unspecified atom stereocenters. The second kappa shape index (κ2) is 5.36. The van der Waals surface area contributed by atoms with Crippen LogP contribution in [0.4, 0.5) is 5.69 Å². The second-order valence-electron chi connectivity index (χ2n) is 5.06. The minimum absolute atomic E-state index is 0.353. The number of ether oxygens (including phenoxy) is 1. The van der Waals surface area contributed by atoms with Gasteiger partial charge >= 0.3 is 5.97 Å². The molecular formula is C15H19N3O2. The quantitative estimate of drug-likeness (QED) is 0.689. The van der Waals surface area contributed by atoms with Crippen molar-refractivity contribution in [2.24, 2.45) is 0 Å². The molecule has 0 saturated heterocycles. The summed E-state index contributed by atoms with van der Waals surface area (Å²) in [5.41, 5.74) is 9.35. The van der Waals surface area contributed by atoms with Crippen LogP contribution in [0.15, 0.2) is 24.4 Å². The van der Waals surface area contributed by atoms with Gasteiger partial charge in [-0.25, -0.2) is 9.48 Å². The van der Waals surface area contributed by atoms with Crippen LogP contribution in [0.25, 0.3) is 5.69 Å². The lowest BCUT2D eigenvalue weighted by molar-refractivity contribution is 0.0602. The first kappa shape index (κ1) is 14.1. The van der Waals surface area contributed by atoms with E-state index in [1.165, 1.54) is 7.11 Å². The summed E-state index contributed by atoms with van der Waals surface area (Å²) in [6.07, 6.45) is 1.88. The Kier molecular flexibility index (Phi) is 3.79. The third kappa shape index (κ3) is 2.52. The monoisotopic (exact) mass is 273 g/mol. The SMILES string of the molecule is COC(=O)c1cc(-n2ccc(C(C)C)n2)cc(C)c1N. The van der Waals surface area contributed by atoms with Crippen LogP contribution in [0.5, 0.6) is 0 Å². The zero-order valence-corrected chi connectivity index (χ0v) is 12.2. The lowest BCUT2D eigenvalue weighted by Gasteiger charge is -2.10. The van der Waals surface area contributed by atoms with Crippen LogP contribution < -0.4 is 5.73 Å². The molecule has 1 aromatic carbocycles. The molecule has 5 nitrogen and oxygen atoms in total. The molecule has 2 rings (SSSR count). The number of carbonyl (C=O) groups is 1. The predicted molar refractivity (Wildman–Crippen MR) is 78.1 cm³/mol. The van der Waals surface area contributed by atoms with Crippen LogP contribution in [-0.4, -0.2) is 22.9 Å². The number of rotatable bonds is 3. The molecule has 2 N–H and O–H groups in total. The number of hydrogen-bond donors (Lipinski definition) is 1. The van der Waals surface area contributed by atoms with Crippen LogP contribution in [-0.2, 0) is 4.74 Å². The van der Waals surface area contributed by atoms with E-state index in [0.29, 0.717) is 17.2 Å². The Bertz CT molecular complexity index is 645. The zero-order valence-electron chi connectivity index (χ0n) is 12.2. The van der Waals surface area contributed by atoms with Gasteiger partial charge in [-0.15, -0.1) is 0 Å². The topological polar surface area (TPSA) is 70.1 Å². The normalized spacial score (nSPS) is 10.8. The number of aryl methyl sites for hydroxylation is 1. The maximum absolute atomic E-state index is 11.8. The molecular weight excluding hydrogens is 254 g/mol. The molecule has 5 heteroatoms. The first-order chi connectivity index (χ1) is 9.43. The lowest BCUT2D eigenvalue weighted by atomic mass is 10.1. The number of hydrogen-bond acceptors (Lipinski definition) is 4. The molecule has 0 bridgehead atoms. The van der Waals surface area contributed by atoms with Gasteiger partial charge in [0, 0.05) is 11.9 Å². The smallest absolute Gasteiger partial charge is 0.340 e. The molecule has 0 atom stereocenters. The Morgan fingerprint density at radius 3 is 2.65 bits per heavy atom. The van der Waals surface area contributed by atoms with Crippen molar-refractivity contribution >= 4 is 11.7 Å². The number of nitrogens with zero attached hydrogens (tertiary/aromatic N) is 2. The Hall–Kier alpha value is -2.30. The predicted octanol–water partition coefficient (Wildman–Crippen LogP) is 2.67. The van der Waals surface area contributed by atoms with Crippen molar-refractivity contribution in [3.8, 4) is 5.69 Å². The number of methoxy groups -OCH3 is 1. The van der Waals surface area contributed by atoms with E-state index in [9.17, 15) is 4.79 Å². The van der Waals surface area contributed by atoms with Gasteiger partial charge in [0.1, 0.15) is 0 Å². The summed E-state index contributed by atoms with van der Waals surface area (Å²) < 4.78 is 6.50. The van der Waals surface area contributed by atoms with E-state index >= 15 is 0 Å². The van der Waals surface area contributed by atoms with Crippen molar-refractivity contribution < 1.29 is 9.53 Å². The minimum Gasteiger partial charge on any atom is -0.465 e. The van der Waals surface area contributed by atoms with Gasteiger partial charge in [0.2, 0.25) is 0 Å². The fourth-order valence-corrected chi connectivity index (χ4v) is 1.98. The summed E-state index contributed by atoms with van der Waals surface area (Å²) in [5.74, 6) is -0.0881. The van der Waals surface area contributed by atoms with Crippen molar-refractivity contribution in [1.82, 2.24) is 9.78 Å². The largest absolute Gasteiger partial charge is 0.465 e. The van der Waals surface area contributed by atoms with Crippen LogP contribution >= 0.6 is 0 Å². The van der Waals surface area contributed by atoms with Gasteiger partial charge < -0.3 is 10.5 Å². The van der Waals surface area contributed by atoms with E-state index in [-0.39, 0.29) is 0 Å². The molecule has 0 spiro atoms. The van der Waals surface area contributed by atoms with E-state index in [2.05, 4.69) is 18.9 Å². The summed E-state index contributed by atoms with van der Waals surface area (Å²) in [6, 6.07) is 5.57. The maximum atomic E-state index is 11.8.